The average Bonchev–Trinajstić information content (AvgIpc) is 3.21. The summed E-state index contributed by atoms with van der Waals surface area (Å²) in [5, 5.41) is 8.64. The molecular weight excluding hydrogens is 308 g/mol. The van der Waals surface area contributed by atoms with Crippen LogP contribution in [0.15, 0.2) is 12.4 Å². The highest BCUT2D eigenvalue weighted by Gasteiger charge is 2.25. The van der Waals surface area contributed by atoms with Crippen molar-refractivity contribution in [3.05, 3.63) is 24.0 Å². The molecule has 2 aliphatic heterocycles. The Hall–Kier alpha value is -2.22. The summed E-state index contributed by atoms with van der Waals surface area (Å²) in [6.45, 7) is 3.80. The Morgan fingerprint density at radius 1 is 1.17 bits per heavy atom. The molecule has 2 aromatic heterocycles. The summed E-state index contributed by atoms with van der Waals surface area (Å²) in [6, 6.07) is 0.408. The molecule has 2 aliphatic rings. The summed E-state index contributed by atoms with van der Waals surface area (Å²) in [7, 11) is 1.60. The second-order valence-corrected chi connectivity index (χ2v) is 6.31. The van der Waals surface area contributed by atoms with Gasteiger partial charge in [0.25, 0.3) is 0 Å². The maximum absolute atomic E-state index is 5.93. The number of likely N-dealkylation sites (tertiary alicyclic amines) is 1. The van der Waals surface area contributed by atoms with Gasteiger partial charge in [0.05, 0.1) is 26.0 Å². The van der Waals surface area contributed by atoms with Crippen molar-refractivity contribution in [1.29, 1.82) is 0 Å². The zero-order chi connectivity index (χ0) is 16.4. The topological polar surface area (TPSA) is 78.2 Å². The van der Waals surface area contributed by atoms with Gasteiger partial charge in [-0.15, -0.1) is 10.2 Å². The number of hydrogen-bond donors (Lipinski definition) is 0. The molecule has 0 radical (unpaired) electrons. The van der Waals surface area contributed by atoms with Crippen LogP contribution < -0.4 is 9.47 Å². The second kappa shape index (κ2) is 6.72. The van der Waals surface area contributed by atoms with E-state index in [1.807, 2.05) is 0 Å². The van der Waals surface area contributed by atoms with Crippen molar-refractivity contribution in [3.8, 4) is 11.8 Å². The van der Waals surface area contributed by atoms with E-state index in [9.17, 15) is 0 Å². The van der Waals surface area contributed by atoms with E-state index in [4.69, 9.17) is 9.47 Å². The molecule has 0 spiro atoms. The normalized spacial score (nSPS) is 20.8. The van der Waals surface area contributed by atoms with Crippen LogP contribution in [0, 0.1) is 0 Å². The minimum Gasteiger partial charge on any atom is -0.494 e. The fourth-order valence-electron chi connectivity index (χ4n) is 3.40. The van der Waals surface area contributed by atoms with Gasteiger partial charge in [-0.25, -0.2) is 0 Å². The van der Waals surface area contributed by atoms with Crippen molar-refractivity contribution < 1.29 is 9.47 Å². The number of nitrogens with zero attached hydrogens (tertiary/aromatic N) is 6. The quantitative estimate of drug-likeness (QED) is 0.811. The number of piperidine rings is 1. The van der Waals surface area contributed by atoms with Crippen LogP contribution in [0.3, 0.4) is 0 Å². The highest BCUT2D eigenvalue weighted by molar-refractivity contribution is 5.13. The zero-order valence-electron chi connectivity index (χ0n) is 13.9. The molecule has 8 heteroatoms. The van der Waals surface area contributed by atoms with E-state index in [1.54, 1.807) is 19.5 Å². The largest absolute Gasteiger partial charge is 0.494 e. The number of aryl methyl sites for hydroxylation is 1. The maximum atomic E-state index is 5.93. The fourth-order valence-corrected chi connectivity index (χ4v) is 3.40. The number of methoxy groups -OCH3 is 1. The Balaban J connectivity index is 1.36. The molecule has 0 aliphatic carbocycles. The molecule has 1 saturated heterocycles. The van der Waals surface area contributed by atoms with Gasteiger partial charge in [-0.3, -0.25) is 4.90 Å². The summed E-state index contributed by atoms with van der Waals surface area (Å²) in [6.07, 6.45) is 7.70. The lowest BCUT2D eigenvalue weighted by molar-refractivity contribution is 0.0749. The predicted molar refractivity (Wildman–Crippen MR) is 85.9 cm³/mol. The van der Waals surface area contributed by atoms with E-state index in [1.165, 1.54) is 6.42 Å². The van der Waals surface area contributed by atoms with Crippen LogP contribution in [0.1, 0.15) is 30.9 Å². The lowest BCUT2D eigenvalue weighted by Gasteiger charge is -2.31. The minimum absolute atomic E-state index is 0.105. The Morgan fingerprint density at radius 3 is 2.88 bits per heavy atom. The van der Waals surface area contributed by atoms with Crippen LogP contribution in [0.4, 0.5) is 0 Å². The fraction of sp³-hybridized carbons (Fsp3) is 0.625. The van der Waals surface area contributed by atoms with Gasteiger partial charge in [-0.1, -0.05) is 0 Å². The molecule has 1 atom stereocenters. The molecule has 0 amide bonds. The van der Waals surface area contributed by atoms with Gasteiger partial charge in [0.2, 0.25) is 0 Å². The first-order valence-corrected chi connectivity index (χ1v) is 8.48. The van der Waals surface area contributed by atoms with Crippen molar-refractivity contribution in [2.24, 2.45) is 0 Å². The molecule has 0 aromatic carbocycles. The van der Waals surface area contributed by atoms with Crippen molar-refractivity contribution >= 4 is 0 Å². The molecular formula is C16H22N6O2. The van der Waals surface area contributed by atoms with E-state index >= 15 is 0 Å². The minimum atomic E-state index is 0.105. The Labute approximate surface area is 140 Å². The molecule has 4 heterocycles. The Kier molecular flexibility index (Phi) is 4.29. The standard InChI is InChI=1S/C16H22N6O2/c1-23-13-8-17-16(18-9-13)24-12-4-2-6-21(10-12)11-15-20-19-14-5-3-7-22(14)15/h8-9,12H,2-7,10-11H2,1H3. The van der Waals surface area contributed by atoms with Crippen LogP contribution >= 0.6 is 0 Å². The second-order valence-electron chi connectivity index (χ2n) is 6.31. The van der Waals surface area contributed by atoms with Crippen LogP contribution in [0.5, 0.6) is 11.8 Å². The van der Waals surface area contributed by atoms with E-state index in [2.05, 4.69) is 29.6 Å². The summed E-state index contributed by atoms with van der Waals surface area (Å²) < 4.78 is 13.3. The molecule has 4 rings (SSSR count). The number of aromatic nitrogens is 5. The van der Waals surface area contributed by atoms with Crippen LogP contribution in [0.25, 0.3) is 0 Å². The number of fused-ring (bicyclic) bond motifs is 1. The summed E-state index contributed by atoms with van der Waals surface area (Å²) >= 11 is 0. The van der Waals surface area contributed by atoms with Crippen molar-refractivity contribution in [2.75, 3.05) is 20.2 Å². The van der Waals surface area contributed by atoms with Crippen LogP contribution in [-0.2, 0) is 19.5 Å². The number of rotatable bonds is 5. The van der Waals surface area contributed by atoms with Crippen molar-refractivity contribution in [3.63, 3.8) is 0 Å². The summed E-state index contributed by atoms with van der Waals surface area (Å²) in [5.41, 5.74) is 0. The van der Waals surface area contributed by atoms with Gasteiger partial charge in [0.15, 0.2) is 5.75 Å². The van der Waals surface area contributed by atoms with Gasteiger partial charge >= 0.3 is 6.01 Å². The third kappa shape index (κ3) is 3.19. The summed E-state index contributed by atoms with van der Waals surface area (Å²) in [5.74, 6) is 2.83. The van der Waals surface area contributed by atoms with Gasteiger partial charge in [-0.2, -0.15) is 9.97 Å². The molecule has 1 unspecified atom stereocenters. The molecule has 0 bridgehead atoms. The lowest BCUT2D eigenvalue weighted by atomic mass is 10.1. The average molecular weight is 330 g/mol. The number of ether oxygens (including phenoxy) is 2. The third-order valence-corrected chi connectivity index (χ3v) is 4.63. The predicted octanol–water partition coefficient (Wildman–Crippen LogP) is 1.07. The third-order valence-electron chi connectivity index (χ3n) is 4.63. The highest BCUT2D eigenvalue weighted by atomic mass is 16.5. The van der Waals surface area contributed by atoms with E-state index in [0.29, 0.717) is 11.8 Å². The first-order chi connectivity index (χ1) is 11.8. The van der Waals surface area contributed by atoms with E-state index in [-0.39, 0.29) is 6.10 Å². The molecule has 8 nitrogen and oxygen atoms in total. The summed E-state index contributed by atoms with van der Waals surface area (Å²) in [4.78, 5) is 10.8. The monoisotopic (exact) mass is 330 g/mol. The first kappa shape index (κ1) is 15.3. The van der Waals surface area contributed by atoms with Crippen molar-refractivity contribution in [2.45, 2.75) is 44.9 Å². The van der Waals surface area contributed by atoms with Gasteiger partial charge in [0.1, 0.15) is 17.8 Å². The van der Waals surface area contributed by atoms with E-state index in [0.717, 1.165) is 57.1 Å². The lowest BCUT2D eigenvalue weighted by Crippen LogP contribution is -2.41. The Bertz CT molecular complexity index is 686. The van der Waals surface area contributed by atoms with Gasteiger partial charge in [0, 0.05) is 19.5 Å². The Morgan fingerprint density at radius 2 is 2.04 bits per heavy atom. The molecule has 2 aromatic rings. The molecule has 128 valence electrons. The number of hydrogen-bond acceptors (Lipinski definition) is 7. The highest BCUT2D eigenvalue weighted by Crippen LogP contribution is 2.20. The molecule has 0 N–H and O–H groups in total. The SMILES string of the molecule is COc1cnc(OC2CCCN(Cc3nnc4n3CCC4)C2)nc1. The van der Waals surface area contributed by atoms with E-state index < -0.39 is 0 Å². The smallest absolute Gasteiger partial charge is 0.316 e. The van der Waals surface area contributed by atoms with Gasteiger partial charge in [-0.05, 0) is 25.8 Å². The van der Waals surface area contributed by atoms with Crippen molar-refractivity contribution in [1.82, 2.24) is 29.6 Å². The maximum Gasteiger partial charge on any atom is 0.316 e. The van der Waals surface area contributed by atoms with Crippen LogP contribution in [-0.4, -0.2) is 55.9 Å². The zero-order valence-corrected chi connectivity index (χ0v) is 13.9. The molecule has 0 saturated carbocycles. The molecule has 1 fully saturated rings. The van der Waals surface area contributed by atoms with Crippen LogP contribution in [0.2, 0.25) is 0 Å². The molecule has 24 heavy (non-hydrogen) atoms. The van der Waals surface area contributed by atoms with Gasteiger partial charge < -0.3 is 14.0 Å². The first-order valence-electron chi connectivity index (χ1n) is 8.48.